The number of fused-ring (bicyclic) bond motifs is 9. The largest absolute Gasteiger partial charge is 0.354 e. The van der Waals surface area contributed by atoms with Gasteiger partial charge in [0.1, 0.15) is 0 Å². The molecule has 0 unspecified atom stereocenters. The van der Waals surface area contributed by atoms with Crippen molar-refractivity contribution in [2.24, 2.45) is 4.99 Å². The molecule has 36 heavy (non-hydrogen) atoms. The zero-order chi connectivity index (χ0) is 24.8. The molecule has 184 valence electrons. The molecule has 0 saturated carbocycles. The lowest BCUT2D eigenvalue weighted by Gasteiger charge is -2.15. The quantitative estimate of drug-likeness (QED) is 0.692. The van der Waals surface area contributed by atoms with E-state index >= 15 is 0 Å². The molecule has 2 N–H and O–H groups in total. The smallest absolute Gasteiger partial charge is 0.0979 e. The Balaban J connectivity index is 1.51. The Morgan fingerprint density at radius 1 is 0.750 bits per heavy atom. The van der Waals surface area contributed by atoms with Gasteiger partial charge in [0.2, 0.25) is 0 Å². The molecule has 0 amide bonds. The van der Waals surface area contributed by atoms with Crippen molar-refractivity contribution >= 4 is 30.4 Å². The molecular weight excluding hydrogens is 446 g/mol. The fraction of sp³-hybridized carbons (Fsp3) is 0.276. The molecule has 4 aliphatic heterocycles. The molecule has 4 aliphatic rings. The molecule has 0 spiro atoms. The van der Waals surface area contributed by atoms with E-state index in [0.29, 0.717) is 0 Å². The van der Waals surface area contributed by atoms with Crippen LogP contribution < -0.4 is 21.4 Å². The predicted octanol–water partition coefficient (Wildman–Crippen LogP) is 2.04. The third kappa shape index (κ3) is 4.00. The molecule has 7 heteroatoms. The van der Waals surface area contributed by atoms with Crippen LogP contribution in [0.2, 0.25) is 0 Å². The zero-order valence-corrected chi connectivity index (χ0v) is 21.4. The number of hydrogen-bond acceptors (Lipinski definition) is 5. The standard InChI is InChI=1S/C29H33N7/c1-5-24-20(3)26-13-27-21(4)25(6-2)29(32-27)17-36-12-10-34(19-36)15-23-8-7-22(30-23)14-33-9-11-35(18-33)16-28(24)31-26/h7-17,30-31H,5-6,18-19H2,1-4H3. The highest BCUT2D eigenvalue weighted by molar-refractivity contribution is 6.23. The van der Waals surface area contributed by atoms with Gasteiger partial charge in [-0.2, -0.15) is 0 Å². The average molecular weight is 480 g/mol. The number of rotatable bonds is 2. The minimum absolute atomic E-state index is 0.755. The van der Waals surface area contributed by atoms with Crippen LogP contribution in [0.5, 0.6) is 0 Å². The van der Waals surface area contributed by atoms with Crippen molar-refractivity contribution in [2.45, 2.75) is 40.5 Å². The first-order chi connectivity index (χ1) is 17.5. The first-order valence-electron chi connectivity index (χ1n) is 12.7. The summed E-state index contributed by atoms with van der Waals surface area (Å²) in [6.07, 6.45) is 21.3. The Morgan fingerprint density at radius 3 is 1.97 bits per heavy atom. The van der Waals surface area contributed by atoms with E-state index in [-0.39, 0.29) is 0 Å². The van der Waals surface area contributed by atoms with Crippen molar-refractivity contribution in [3.05, 3.63) is 92.5 Å². The van der Waals surface area contributed by atoms with Crippen LogP contribution in [0.25, 0.3) is 24.7 Å². The second kappa shape index (κ2) is 8.82. The fourth-order valence-electron chi connectivity index (χ4n) is 5.35. The van der Waals surface area contributed by atoms with Gasteiger partial charge in [-0.25, -0.2) is 4.99 Å². The lowest BCUT2D eigenvalue weighted by molar-refractivity contribution is 0.411. The van der Waals surface area contributed by atoms with E-state index in [2.05, 4.69) is 125 Å². The molecule has 0 saturated heterocycles. The second-order valence-corrected chi connectivity index (χ2v) is 9.71. The van der Waals surface area contributed by atoms with Gasteiger partial charge in [0.05, 0.1) is 40.8 Å². The van der Waals surface area contributed by atoms with Crippen molar-refractivity contribution in [1.82, 2.24) is 29.6 Å². The minimum atomic E-state index is 0.755. The van der Waals surface area contributed by atoms with Crippen LogP contribution in [0.1, 0.15) is 38.3 Å². The third-order valence-electron chi connectivity index (χ3n) is 7.30. The molecule has 2 aromatic heterocycles. The summed E-state index contributed by atoms with van der Waals surface area (Å²) in [4.78, 5) is 21.1. The highest BCUT2D eigenvalue weighted by Gasteiger charge is 2.20. The Kier molecular flexibility index (Phi) is 5.48. The summed E-state index contributed by atoms with van der Waals surface area (Å²) < 4.78 is 0. The van der Waals surface area contributed by atoms with Gasteiger partial charge in [0, 0.05) is 54.9 Å². The molecule has 0 atom stereocenters. The lowest BCUT2D eigenvalue weighted by atomic mass is 10.0. The van der Waals surface area contributed by atoms with Crippen molar-refractivity contribution in [1.29, 1.82) is 0 Å². The highest BCUT2D eigenvalue weighted by atomic mass is 15.3. The van der Waals surface area contributed by atoms with Crippen LogP contribution in [-0.4, -0.2) is 48.6 Å². The Labute approximate surface area is 211 Å². The predicted molar refractivity (Wildman–Crippen MR) is 146 cm³/mol. The summed E-state index contributed by atoms with van der Waals surface area (Å²) in [5.74, 6) is 0. The molecule has 0 radical (unpaired) electrons. The minimum Gasteiger partial charge on any atom is -0.354 e. The zero-order valence-electron chi connectivity index (χ0n) is 21.4. The van der Waals surface area contributed by atoms with Crippen LogP contribution in [0.4, 0.5) is 0 Å². The number of allylic oxidation sites excluding steroid dienone is 2. The Morgan fingerprint density at radius 2 is 1.36 bits per heavy atom. The number of aromatic amines is 2. The van der Waals surface area contributed by atoms with Crippen molar-refractivity contribution in [2.75, 3.05) is 13.3 Å². The number of nitrogens with one attached hydrogen (secondary N) is 2. The van der Waals surface area contributed by atoms with E-state index in [1.165, 1.54) is 22.3 Å². The fourth-order valence-corrected chi connectivity index (χ4v) is 5.35. The maximum atomic E-state index is 5.08. The molecule has 0 fully saturated rings. The highest BCUT2D eigenvalue weighted by Crippen LogP contribution is 2.29. The normalized spacial score (nSPS) is 18.7. The average Bonchev–Trinajstić information content (AvgIpc) is 3.67. The van der Waals surface area contributed by atoms with E-state index in [0.717, 1.165) is 59.0 Å². The van der Waals surface area contributed by atoms with Crippen molar-refractivity contribution < 1.29 is 0 Å². The van der Waals surface area contributed by atoms with Crippen LogP contribution in [0.15, 0.2) is 65.0 Å². The number of aromatic nitrogens is 2. The van der Waals surface area contributed by atoms with E-state index in [4.69, 9.17) is 4.99 Å². The molecule has 6 rings (SSSR count). The maximum Gasteiger partial charge on any atom is 0.0979 e. The first kappa shape index (κ1) is 22.3. The molecule has 6 heterocycles. The van der Waals surface area contributed by atoms with Gasteiger partial charge in [-0.3, -0.25) is 0 Å². The monoisotopic (exact) mass is 479 g/mol. The summed E-state index contributed by atoms with van der Waals surface area (Å²) in [6, 6.07) is 4.24. The first-order valence-corrected chi connectivity index (χ1v) is 12.7. The summed E-state index contributed by atoms with van der Waals surface area (Å²) >= 11 is 0. The van der Waals surface area contributed by atoms with Crippen LogP contribution in [0, 0.1) is 6.92 Å². The topological polar surface area (TPSA) is 56.9 Å². The molecule has 7 nitrogen and oxygen atoms in total. The van der Waals surface area contributed by atoms with Crippen LogP contribution >= 0.6 is 0 Å². The third-order valence-corrected chi connectivity index (χ3v) is 7.30. The van der Waals surface area contributed by atoms with Gasteiger partial charge in [0.25, 0.3) is 0 Å². The number of nitrogens with zero attached hydrogens (tertiary/aromatic N) is 5. The Bertz CT molecular complexity index is 1610. The SMILES string of the molecule is CCC1=C(C)C2=NC1=CN1C=CN(C=c3ccc([nH]3)=CN3C=CN(C=c4[nH]c(c(C)c4CC)=C2)C3)C1. The molecule has 0 aromatic carbocycles. The Hall–Kier alpha value is -4.13. The summed E-state index contributed by atoms with van der Waals surface area (Å²) in [5.41, 5.74) is 7.29. The van der Waals surface area contributed by atoms with Gasteiger partial charge in [-0.05, 0) is 67.2 Å². The number of hydrogen-bond donors (Lipinski definition) is 2. The van der Waals surface area contributed by atoms with Crippen LogP contribution in [0.3, 0.4) is 0 Å². The van der Waals surface area contributed by atoms with Crippen molar-refractivity contribution in [3.8, 4) is 0 Å². The number of aliphatic imine (C=N–C) groups is 1. The second-order valence-electron chi connectivity index (χ2n) is 9.71. The van der Waals surface area contributed by atoms with Gasteiger partial charge in [0.15, 0.2) is 0 Å². The van der Waals surface area contributed by atoms with E-state index < -0.39 is 0 Å². The van der Waals surface area contributed by atoms with Crippen LogP contribution in [-0.2, 0) is 6.42 Å². The molecule has 0 aliphatic carbocycles. The lowest BCUT2D eigenvalue weighted by Crippen LogP contribution is -2.24. The van der Waals surface area contributed by atoms with E-state index in [1.807, 2.05) is 0 Å². The summed E-state index contributed by atoms with van der Waals surface area (Å²) in [7, 11) is 0. The van der Waals surface area contributed by atoms with E-state index in [9.17, 15) is 0 Å². The number of H-pyrrole nitrogens is 2. The van der Waals surface area contributed by atoms with Crippen molar-refractivity contribution in [3.63, 3.8) is 0 Å². The maximum absolute atomic E-state index is 5.08. The van der Waals surface area contributed by atoms with Gasteiger partial charge >= 0.3 is 0 Å². The molecule has 10 bridgehead atoms. The summed E-state index contributed by atoms with van der Waals surface area (Å²) in [5, 5.41) is 4.44. The van der Waals surface area contributed by atoms with Gasteiger partial charge in [-0.1, -0.05) is 13.8 Å². The molecule has 2 aromatic rings. The summed E-state index contributed by atoms with van der Waals surface area (Å²) in [6.45, 7) is 10.4. The van der Waals surface area contributed by atoms with Gasteiger partial charge < -0.3 is 29.6 Å². The van der Waals surface area contributed by atoms with Gasteiger partial charge in [-0.15, -0.1) is 0 Å². The van der Waals surface area contributed by atoms with E-state index in [1.54, 1.807) is 0 Å². The molecular formula is C29H33N7.